The minimum Gasteiger partial charge on any atom is -0.349 e. The number of hydrogen-bond acceptors (Lipinski definition) is 3. The molecule has 0 aliphatic rings. The van der Waals surface area contributed by atoms with Gasteiger partial charge in [-0.2, -0.15) is 0 Å². The Labute approximate surface area is 137 Å². The second-order valence-electron chi connectivity index (χ2n) is 4.68. The standard InChI is InChI=1S/C13H24N4S.HI/c1-7-11-10(2)18-12(15-11)8-9-14-13(16(3)4)17(5)6;/h7-9H2,1-6H3;1H. The van der Waals surface area contributed by atoms with E-state index in [1.165, 1.54) is 15.6 Å². The number of hydrogen-bond donors (Lipinski definition) is 0. The van der Waals surface area contributed by atoms with Gasteiger partial charge in [-0.1, -0.05) is 6.92 Å². The van der Waals surface area contributed by atoms with Crippen molar-refractivity contribution < 1.29 is 0 Å². The molecule has 0 atom stereocenters. The molecule has 0 aromatic carbocycles. The van der Waals surface area contributed by atoms with Crippen LogP contribution in [0.5, 0.6) is 0 Å². The largest absolute Gasteiger partial charge is 0.349 e. The molecule has 110 valence electrons. The summed E-state index contributed by atoms with van der Waals surface area (Å²) < 4.78 is 0. The highest BCUT2D eigenvalue weighted by atomic mass is 127. The van der Waals surface area contributed by atoms with Crippen LogP contribution in [0, 0.1) is 6.92 Å². The number of nitrogens with zero attached hydrogens (tertiary/aromatic N) is 4. The molecular weight excluding hydrogens is 371 g/mol. The van der Waals surface area contributed by atoms with Crippen molar-refractivity contribution in [2.24, 2.45) is 4.99 Å². The van der Waals surface area contributed by atoms with Crippen LogP contribution in [-0.4, -0.2) is 55.5 Å². The van der Waals surface area contributed by atoms with Gasteiger partial charge in [0.15, 0.2) is 5.96 Å². The van der Waals surface area contributed by atoms with Crippen LogP contribution in [0.2, 0.25) is 0 Å². The number of aryl methyl sites for hydroxylation is 2. The van der Waals surface area contributed by atoms with Crippen molar-refractivity contribution in [1.82, 2.24) is 14.8 Å². The molecule has 0 N–H and O–H groups in total. The average Bonchev–Trinajstić information content (AvgIpc) is 2.64. The summed E-state index contributed by atoms with van der Waals surface area (Å²) in [6.45, 7) is 5.09. The van der Waals surface area contributed by atoms with Gasteiger partial charge in [0.1, 0.15) is 0 Å². The first kappa shape index (κ1) is 18.6. The smallest absolute Gasteiger partial charge is 0.195 e. The fraction of sp³-hybridized carbons (Fsp3) is 0.692. The monoisotopic (exact) mass is 396 g/mol. The van der Waals surface area contributed by atoms with Crippen LogP contribution in [0.15, 0.2) is 4.99 Å². The molecular formula is C13H25IN4S. The lowest BCUT2D eigenvalue weighted by Gasteiger charge is -2.22. The molecule has 0 spiro atoms. The number of aliphatic imine (C=N–C) groups is 1. The predicted octanol–water partition coefficient (Wildman–Crippen LogP) is 2.65. The minimum atomic E-state index is 0. The topological polar surface area (TPSA) is 31.7 Å². The van der Waals surface area contributed by atoms with Gasteiger partial charge in [-0.15, -0.1) is 35.3 Å². The molecule has 1 heterocycles. The van der Waals surface area contributed by atoms with E-state index in [2.05, 4.69) is 23.8 Å². The van der Waals surface area contributed by atoms with Gasteiger partial charge in [0.2, 0.25) is 0 Å². The molecule has 0 aliphatic heterocycles. The molecule has 0 aliphatic carbocycles. The van der Waals surface area contributed by atoms with E-state index in [1.54, 1.807) is 11.3 Å². The van der Waals surface area contributed by atoms with Gasteiger partial charge in [0.05, 0.1) is 10.7 Å². The maximum absolute atomic E-state index is 4.64. The summed E-state index contributed by atoms with van der Waals surface area (Å²) in [4.78, 5) is 14.7. The van der Waals surface area contributed by atoms with Gasteiger partial charge in [-0.3, -0.25) is 4.99 Å². The molecule has 0 bridgehead atoms. The summed E-state index contributed by atoms with van der Waals surface area (Å²) >= 11 is 1.80. The van der Waals surface area contributed by atoms with Crippen molar-refractivity contribution in [1.29, 1.82) is 0 Å². The Balaban J connectivity index is 0.00000324. The molecule has 4 nitrogen and oxygen atoms in total. The molecule has 0 unspecified atom stereocenters. The normalized spacial score (nSPS) is 9.79. The zero-order chi connectivity index (χ0) is 13.7. The fourth-order valence-corrected chi connectivity index (χ4v) is 2.87. The van der Waals surface area contributed by atoms with Gasteiger partial charge in [-0.05, 0) is 13.3 Å². The molecule has 0 saturated carbocycles. The summed E-state index contributed by atoms with van der Waals surface area (Å²) in [6.07, 6.45) is 1.95. The molecule has 0 fully saturated rings. The molecule has 0 radical (unpaired) electrons. The second-order valence-corrected chi connectivity index (χ2v) is 5.97. The van der Waals surface area contributed by atoms with E-state index in [9.17, 15) is 0 Å². The molecule has 0 saturated heterocycles. The van der Waals surface area contributed by atoms with Crippen LogP contribution in [0.25, 0.3) is 0 Å². The lowest BCUT2D eigenvalue weighted by Crippen LogP contribution is -2.35. The van der Waals surface area contributed by atoms with E-state index in [0.29, 0.717) is 0 Å². The van der Waals surface area contributed by atoms with Crippen molar-refractivity contribution >= 4 is 41.3 Å². The van der Waals surface area contributed by atoms with Crippen molar-refractivity contribution in [2.75, 3.05) is 34.7 Å². The van der Waals surface area contributed by atoms with Crippen molar-refractivity contribution in [3.05, 3.63) is 15.6 Å². The Morgan fingerprint density at radius 3 is 2.21 bits per heavy atom. The Kier molecular flexibility index (Phi) is 8.56. The molecule has 1 rings (SSSR count). The van der Waals surface area contributed by atoms with Gasteiger partial charge < -0.3 is 9.80 Å². The average molecular weight is 396 g/mol. The van der Waals surface area contributed by atoms with Crippen LogP contribution in [-0.2, 0) is 12.8 Å². The summed E-state index contributed by atoms with van der Waals surface area (Å²) in [6, 6.07) is 0. The Morgan fingerprint density at radius 1 is 1.21 bits per heavy atom. The van der Waals surface area contributed by atoms with Crippen LogP contribution in [0.4, 0.5) is 0 Å². The van der Waals surface area contributed by atoms with Gasteiger partial charge in [0.25, 0.3) is 0 Å². The van der Waals surface area contributed by atoms with Gasteiger partial charge in [-0.25, -0.2) is 4.98 Å². The summed E-state index contributed by atoms with van der Waals surface area (Å²) in [7, 11) is 8.06. The van der Waals surface area contributed by atoms with Crippen LogP contribution in [0.1, 0.15) is 22.5 Å². The van der Waals surface area contributed by atoms with E-state index in [-0.39, 0.29) is 24.0 Å². The van der Waals surface area contributed by atoms with E-state index in [1.807, 2.05) is 38.0 Å². The Morgan fingerprint density at radius 2 is 1.79 bits per heavy atom. The highest BCUT2D eigenvalue weighted by Gasteiger charge is 2.07. The highest BCUT2D eigenvalue weighted by Crippen LogP contribution is 2.18. The summed E-state index contributed by atoms with van der Waals surface area (Å²) in [5, 5.41) is 1.20. The van der Waals surface area contributed by atoms with E-state index in [4.69, 9.17) is 0 Å². The first-order valence-electron chi connectivity index (χ1n) is 6.30. The van der Waals surface area contributed by atoms with E-state index in [0.717, 1.165) is 25.3 Å². The summed E-state index contributed by atoms with van der Waals surface area (Å²) in [5.41, 5.74) is 1.24. The molecule has 0 amide bonds. The molecule has 1 aromatic rings. The zero-order valence-electron chi connectivity index (χ0n) is 12.7. The third kappa shape index (κ3) is 5.64. The van der Waals surface area contributed by atoms with Crippen molar-refractivity contribution in [3.63, 3.8) is 0 Å². The minimum absolute atomic E-state index is 0. The van der Waals surface area contributed by atoms with Crippen LogP contribution < -0.4 is 0 Å². The third-order valence-electron chi connectivity index (χ3n) is 2.65. The number of halogens is 1. The number of rotatable bonds is 4. The maximum atomic E-state index is 4.64. The molecule has 6 heteroatoms. The van der Waals surface area contributed by atoms with Gasteiger partial charge in [0, 0.05) is 46.0 Å². The fourth-order valence-electron chi connectivity index (χ4n) is 1.86. The molecule has 19 heavy (non-hydrogen) atoms. The molecule has 1 aromatic heterocycles. The van der Waals surface area contributed by atoms with E-state index < -0.39 is 0 Å². The summed E-state index contributed by atoms with van der Waals surface area (Å²) in [5.74, 6) is 0.999. The Hall–Kier alpha value is -0.370. The SMILES string of the molecule is CCc1nc(CCN=C(N(C)C)N(C)C)sc1C.I. The number of guanidine groups is 1. The number of thiazole rings is 1. The lowest BCUT2D eigenvalue weighted by molar-refractivity contribution is 0.479. The third-order valence-corrected chi connectivity index (χ3v) is 3.72. The Bertz CT molecular complexity index is 403. The lowest BCUT2D eigenvalue weighted by atomic mass is 10.3. The second kappa shape index (κ2) is 8.73. The van der Waals surface area contributed by atoms with Crippen molar-refractivity contribution in [3.8, 4) is 0 Å². The zero-order valence-corrected chi connectivity index (χ0v) is 15.9. The van der Waals surface area contributed by atoms with Crippen LogP contribution >= 0.6 is 35.3 Å². The highest BCUT2D eigenvalue weighted by molar-refractivity contribution is 14.0. The van der Waals surface area contributed by atoms with Gasteiger partial charge >= 0.3 is 0 Å². The van der Waals surface area contributed by atoms with E-state index >= 15 is 0 Å². The van der Waals surface area contributed by atoms with Crippen molar-refractivity contribution in [2.45, 2.75) is 26.7 Å². The predicted molar refractivity (Wildman–Crippen MR) is 95.0 cm³/mol. The first-order valence-corrected chi connectivity index (χ1v) is 7.11. The maximum Gasteiger partial charge on any atom is 0.195 e. The van der Waals surface area contributed by atoms with Crippen LogP contribution in [0.3, 0.4) is 0 Å². The first-order chi connectivity index (χ1) is 8.45. The number of aromatic nitrogens is 1. The quantitative estimate of drug-likeness (QED) is 0.446.